The van der Waals surface area contributed by atoms with Crippen LogP contribution in [0.5, 0.6) is 0 Å². The van der Waals surface area contributed by atoms with Crippen molar-refractivity contribution in [2.75, 3.05) is 0 Å². The number of nitrogens with zero attached hydrogens (tertiary/aromatic N) is 1. The van der Waals surface area contributed by atoms with Gasteiger partial charge in [0.1, 0.15) is 4.88 Å². The minimum absolute atomic E-state index is 0.115. The number of rotatable bonds is 1. The van der Waals surface area contributed by atoms with Crippen molar-refractivity contribution in [3.63, 3.8) is 0 Å². The Morgan fingerprint density at radius 1 is 1.89 bits per heavy atom. The molecule has 1 aromatic rings. The van der Waals surface area contributed by atoms with E-state index < -0.39 is 5.91 Å². The van der Waals surface area contributed by atoms with E-state index in [9.17, 15) is 4.79 Å². The highest BCUT2D eigenvalue weighted by atomic mass is 32.1. The van der Waals surface area contributed by atoms with Gasteiger partial charge in [-0.3, -0.25) is 10.5 Å². The van der Waals surface area contributed by atoms with Gasteiger partial charge in [0.2, 0.25) is 5.13 Å². The summed E-state index contributed by atoms with van der Waals surface area (Å²) in [5.41, 5.74) is 11.8. The molecule has 0 bridgehead atoms. The molecule has 9 heavy (non-hydrogen) atoms. The fourth-order valence-electron chi connectivity index (χ4n) is 0.388. The lowest BCUT2D eigenvalue weighted by molar-refractivity contribution is 0.100. The van der Waals surface area contributed by atoms with Gasteiger partial charge in [-0.05, 0) is 0 Å². The summed E-state index contributed by atoms with van der Waals surface area (Å²) < 4.78 is 0. The van der Waals surface area contributed by atoms with Crippen LogP contribution < -0.4 is 11.5 Å². The molecule has 0 saturated heterocycles. The second kappa shape index (κ2) is 2.02. The van der Waals surface area contributed by atoms with Gasteiger partial charge in [0.25, 0.3) is 5.91 Å². The lowest BCUT2D eigenvalue weighted by atomic mass is 10.5. The van der Waals surface area contributed by atoms with Crippen LogP contribution in [0.25, 0.3) is 0 Å². The zero-order valence-corrected chi connectivity index (χ0v) is 5.23. The summed E-state index contributed by atoms with van der Waals surface area (Å²) in [6.07, 6.45) is 1.30. The molecule has 0 aliphatic carbocycles. The van der Waals surface area contributed by atoms with E-state index in [-0.39, 0.29) is 5.13 Å². The van der Waals surface area contributed by atoms with Crippen molar-refractivity contribution in [2.45, 2.75) is 0 Å². The molecule has 1 aromatic heterocycles. The molecule has 0 aliphatic rings. The number of carbonyl (C=O) groups excluding carboxylic acids is 1. The molecule has 47 valence electrons. The second-order valence-corrected chi connectivity index (χ2v) is 2.42. The van der Waals surface area contributed by atoms with Gasteiger partial charge in [-0.15, -0.1) is 0 Å². The molecule has 1 rings (SSSR count). The van der Waals surface area contributed by atoms with Gasteiger partial charge in [-0.2, -0.15) is 0 Å². The monoisotopic (exact) mass is 142 g/mol. The van der Waals surface area contributed by atoms with Crippen LogP contribution in [0.3, 0.4) is 0 Å². The van der Waals surface area contributed by atoms with Crippen LogP contribution in [0.2, 0.25) is 0 Å². The van der Waals surface area contributed by atoms with Gasteiger partial charge in [0.05, 0.1) is 6.20 Å². The second-order valence-electron chi connectivity index (χ2n) is 1.39. The first kappa shape index (κ1) is 6.03. The zero-order valence-electron chi connectivity index (χ0n) is 4.42. The van der Waals surface area contributed by atoms with E-state index in [1.165, 1.54) is 6.20 Å². The van der Waals surface area contributed by atoms with Gasteiger partial charge in [0, 0.05) is 0 Å². The molecular weight excluding hydrogens is 138 g/mol. The average molecular weight is 142 g/mol. The van der Waals surface area contributed by atoms with E-state index in [2.05, 4.69) is 4.98 Å². The van der Waals surface area contributed by atoms with Crippen LogP contribution >= 0.6 is 11.3 Å². The van der Waals surface area contributed by atoms with E-state index in [1.807, 2.05) is 0 Å². The minimum atomic E-state index is -0.522. The quantitative estimate of drug-likeness (QED) is 0.605. The van der Waals surface area contributed by atoms with E-state index >= 15 is 0 Å². The number of carbonyl (C=O) groups is 1. The molecule has 0 saturated carbocycles. The lowest BCUT2D eigenvalue weighted by Crippen LogP contribution is -2.08. The van der Waals surface area contributed by atoms with E-state index in [4.69, 9.17) is 11.5 Å². The number of nitrogens with one attached hydrogen (secondary N) is 1. The van der Waals surface area contributed by atoms with Crippen molar-refractivity contribution in [1.29, 1.82) is 0 Å². The molecule has 4 nitrogen and oxygen atoms in total. The first-order chi connectivity index (χ1) is 4.20. The zero-order chi connectivity index (χ0) is 6.85. The topological polar surface area (TPSA) is 79.8 Å². The first-order valence-corrected chi connectivity index (χ1v) is 2.99. The third kappa shape index (κ3) is 1.17. The number of hydrogen-bond acceptors (Lipinski definition) is 3. The molecule has 1 radical (unpaired) electrons. The Labute approximate surface area is 55.5 Å². The maximum Gasteiger partial charge on any atom is 0.260 e. The summed E-state index contributed by atoms with van der Waals surface area (Å²) >= 11 is 0.977. The van der Waals surface area contributed by atoms with Crippen LogP contribution in [0, 0.1) is 0 Å². The van der Waals surface area contributed by atoms with E-state index in [1.54, 1.807) is 0 Å². The first-order valence-electron chi connectivity index (χ1n) is 2.17. The normalized spacial score (nSPS) is 9.33. The summed E-state index contributed by atoms with van der Waals surface area (Å²) in [5.74, 6) is -0.522. The number of amides is 1. The van der Waals surface area contributed by atoms with E-state index in [0.29, 0.717) is 4.88 Å². The van der Waals surface area contributed by atoms with Crippen LogP contribution in [0.15, 0.2) is 6.20 Å². The van der Waals surface area contributed by atoms with Gasteiger partial charge >= 0.3 is 0 Å². The SMILES string of the molecule is [NH]c1ncc(C(N)=O)s1. The molecule has 3 N–H and O–H groups in total. The predicted octanol–water partition coefficient (Wildman–Crippen LogP) is 0.156. The van der Waals surface area contributed by atoms with Crippen molar-refractivity contribution >= 4 is 22.4 Å². The van der Waals surface area contributed by atoms with Gasteiger partial charge < -0.3 is 5.73 Å². The smallest absolute Gasteiger partial charge is 0.260 e. The Bertz CT molecular complexity index is 231. The largest absolute Gasteiger partial charge is 0.365 e. The molecule has 1 amide bonds. The van der Waals surface area contributed by atoms with Crippen molar-refractivity contribution in [2.24, 2.45) is 5.73 Å². The predicted molar refractivity (Wildman–Crippen MR) is 33.4 cm³/mol. The highest BCUT2D eigenvalue weighted by Gasteiger charge is 2.02. The Morgan fingerprint density at radius 2 is 2.56 bits per heavy atom. The van der Waals surface area contributed by atoms with Crippen molar-refractivity contribution in [3.05, 3.63) is 11.1 Å². The van der Waals surface area contributed by atoms with Crippen LogP contribution in [-0.2, 0) is 0 Å². The number of nitrogens with two attached hydrogens (primary N) is 1. The van der Waals surface area contributed by atoms with Crippen LogP contribution in [-0.4, -0.2) is 10.9 Å². The summed E-state index contributed by atoms with van der Waals surface area (Å²) in [6.45, 7) is 0. The Morgan fingerprint density at radius 3 is 2.78 bits per heavy atom. The fourth-order valence-corrected chi connectivity index (χ4v) is 0.908. The summed E-state index contributed by atoms with van der Waals surface area (Å²) in [4.78, 5) is 14.2. The van der Waals surface area contributed by atoms with Crippen LogP contribution in [0.1, 0.15) is 9.67 Å². The van der Waals surface area contributed by atoms with Crippen molar-refractivity contribution in [3.8, 4) is 0 Å². The standard InChI is InChI=1S/C4H4N3OS/c5-3(8)2-1-7-4(6)9-2/h1,6H,(H2,5,8). The third-order valence-electron chi connectivity index (χ3n) is 0.749. The maximum atomic E-state index is 10.3. The molecule has 5 heteroatoms. The Balaban J connectivity index is 2.98. The summed E-state index contributed by atoms with van der Waals surface area (Å²) in [7, 11) is 0. The molecule has 0 aromatic carbocycles. The molecule has 0 atom stereocenters. The third-order valence-corrected chi connectivity index (χ3v) is 1.57. The molecule has 0 unspecified atom stereocenters. The summed E-state index contributed by atoms with van der Waals surface area (Å²) in [5, 5.41) is 0.115. The molecule has 1 heterocycles. The van der Waals surface area contributed by atoms with Crippen molar-refractivity contribution in [1.82, 2.24) is 10.7 Å². The molecule has 0 spiro atoms. The summed E-state index contributed by atoms with van der Waals surface area (Å²) in [6, 6.07) is 0. The minimum Gasteiger partial charge on any atom is -0.365 e. The molecule has 0 fully saturated rings. The fraction of sp³-hybridized carbons (Fsp3) is 0. The van der Waals surface area contributed by atoms with Gasteiger partial charge in [-0.1, -0.05) is 11.3 Å². The molecular formula is C4H4N3OS. The number of thiazole rings is 1. The van der Waals surface area contributed by atoms with Gasteiger partial charge in [-0.25, -0.2) is 4.98 Å². The average Bonchev–Trinajstić information content (AvgIpc) is 2.14. The maximum absolute atomic E-state index is 10.3. The highest BCUT2D eigenvalue weighted by Crippen LogP contribution is 2.14. The van der Waals surface area contributed by atoms with E-state index in [0.717, 1.165) is 11.3 Å². The van der Waals surface area contributed by atoms with Crippen molar-refractivity contribution < 1.29 is 4.79 Å². The number of primary amides is 1. The Hall–Kier alpha value is -1.10. The highest BCUT2D eigenvalue weighted by molar-refractivity contribution is 7.17. The lowest BCUT2D eigenvalue weighted by Gasteiger charge is -1.79. The van der Waals surface area contributed by atoms with Crippen LogP contribution in [0.4, 0.5) is 5.13 Å². The Kier molecular flexibility index (Phi) is 1.35. The number of hydrogen-bond donors (Lipinski definition) is 1. The van der Waals surface area contributed by atoms with Gasteiger partial charge in [0.15, 0.2) is 0 Å². The molecule has 0 aliphatic heterocycles. The number of aromatic nitrogens is 1.